The molecule has 0 atom stereocenters. The summed E-state index contributed by atoms with van der Waals surface area (Å²) in [4.78, 5) is 1.63. The van der Waals surface area contributed by atoms with Gasteiger partial charge in [-0.2, -0.15) is 0 Å². The predicted octanol–water partition coefficient (Wildman–Crippen LogP) is 3.47. The van der Waals surface area contributed by atoms with Crippen LogP contribution < -0.4 is 14.2 Å². The zero-order valence-electron chi connectivity index (χ0n) is 16.7. The molecular weight excluding hydrogens is 482 g/mol. The first-order valence-corrected chi connectivity index (χ1v) is 11.6. The third-order valence-electron chi connectivity index (χ3n) is 4.97. The number of methoxy groups -OCH3 is 2. The molecule has 0 radical (unpaired) electrons. The van der Waals surface area contributed by atoms with Crippen LogP contribution in [0.1, 0.15) is 17.5 Å². The first kappa shape index (κ1) is 22.9. The number of nitrogens with zero attached hydrogens (tertiary/aromatic N) is 1. The molecule has 0 spiro atoms. The predicted molar refractivity (Wildman–Crippen MR) is 112 cm³/mol. The highest BCUT2D eigenvalue weighted by Crippen LogP contribution is 2.33. The van der Waals surface area contributed by atoms with E-state index in [1.54, 1.807) is 14.2 Å². The van der Waals surface area contributed by atoms with Crippen LogP contribution in [0.15, 0.2) is 33.6 Å². The van der Waals surface area contributed by atoms with Crippen molar-refractivity contribution in [1.29, 1.82) is 0 Å². The summed E-state index contributed by atoms with van der Waals surface area (Å²) < 4.78 is 64.9. The minimum absolute atomic E-state index is 0.140. The summed E-state index contributed by atoms with van der Waals surface area (Å²) in [7, 11) is -0.890. The van der Waals surface area contributed by atoms with Crippen molar-refractivity contribution in [1.82, 2.24) is 9.62 Å². The number of nitrogens with one attached hydrogen (secondary N) is 1. The molecule has 1 aliphatic rings. The van der Waals surface area contributed by atoms with Crippen LogP contribution in [0.25, 0.3) is 0 Å². The Hall–Kier alpha value is -1.75. The Morgan fingerprint density at radius 3 is 2.40 bits per heavy atom. The van der Waals surface area contributed by atoms with Gasteiger partial charge in [0.05, 0.1) is 14.2 Å². The Morgan fingerprint density at radius 2 is 1.77 bits per heavy atom. The molecule has 10 heteroatoms. The zero-order chi connectivity index (χ0) is 21.9. The van der Waals surface area contributed by atoms with E-state index in [2.05, 4.69) is 25.6 Å². The van der Waals surface area contributed by atoms with Crippen LogP contribution in [0.3, 0.4) is 0 Å². The van der Waals surface area contributed by atoms with E-state index in [0.717, 1.165) is 31.1 Å². The Kier molecular flexibility index (Phi) is 7.33. The topological polar surface area (TPSA) is 67.9 Å². The number of hydrogen-bond donors (Lipinski definition) is 1. The molecule has 0 saturated carbocycles. The molecule has 0 amide bonds. The maximum Gasteiger partial charge on any atom is 0.244 e. The number of benzene rings is 2. The standard InChI is InChI=1S/C20H23BrF2N2O4S/c1-28-18-8-13-4-7-25(12-14(13)9-19(18)29-2)6-3-5-24-30(26,27)20-16(21)10-15(22)11-17(20)23/h8-11,24H,3-7,12H2,1-2H3. The SMILES string of the molecule is COc1cc2c(cc1OC)CN(CCCNS(=O)(=O)c1c(F)cc(F)cc1Br)CC2. The quantitative estimate of drug-likeness (QED) is 0.557. The van der Waals surface area contributed by atoms with Crippen LogP contribution in [0, 0.1) is 11.6 Å². The van der Waals surface area contributed by atoms with Gasteiger partial charge in [0.2, 0.25) is 10.0 Å². The van der Waals surface area contributed by atoms with Crippen LogP contribution in [0.4, 0.5) is 8.78 Å². The normalized spacial score (nSPS) is 14.4. The molecule has 30 heavy (non-hydrogen) atoms. The minimum Gasteiger partial charge on any atom is -0.493 e. The van der Waals surface area contributed by atoms with Crippen LogP contribution in [0.2, 0.25) is 0 Å². The minimum atomic E-state index is -4.09. The van der Waals surface area contributed by atoms with Gasteiger partial charge in [-0.05, 0) is 64.6 Å². The third kappa shape index (κ3) is 5.11. The average molecular weight is 505 g/mol. The summed E-state index contributed by atoms with van der Waals surface area (Å²) in [6, 6.07) is 5.44. The Morgan fingerprint density at radius 1 is 1.10 bits per heavy atom. The van der Waals surface area contributed by atoms with Crippen molar-refractivity contribution in [2.45, 2.75) is 24.3 Å². The summed E-state index contributed by atoms with van der Waals surface area (Å²) >= 11 is 2.92. The van der Waals surface area contributed by atoms with E-state index in [9.17, 15) is 17.2 Å². The van der Waals surface area contributed by atoms with Crippen molar-refractivity contribution in [3.05, 3.63) is 51.5 Å². The number of halogens is 3. The monoisotopic (exact) mass is 504 g/mol. The van der Waals surface area contributed by atoms with Crippen LogP contribution >= 0.6 is 15.9 Å². The maximum absolute atomic E-state index is 13.9. The molecule has 2 aromatic carbocycles. The molecule has 2 aromatic rings. The molecule has 1 N–H and O–H groups in total. The van der Waals surface area contributed by atoms with Gasteiger partial charge in [0, 0.05) is 30.2 Å². The number of fused-ring (bicyclic) bond motifs is 1. The molecule has 0 aromatic heterocycles. The number of hydrogen-bond acceptors (Lipinski definition) is 5. The van der Waals surface area contributed by atoms with Crippen molar-refractivity contribution >= 4 is 26.0 Å². The highest BCUT2D eigenvalue weighted by molar-refractivity contribution is 9.10. The van der Waals surface area contributed by atoms with E-state index in [-0.39, 0.29) is 11.0 Å². The molecule has 0 fully saturated rings. The van der Waals surface area contributed by atoms with Gasteiger partial charge in [-0.1, -0.05) is 0 Å². The summed E-state index contributed by atoms with van der Waals surface area (Å²) in [5.41, 5.74) is 2.36. The molecule has 1 aliphatic heterocycles. The Bertz CT molecular complexity index is 1010. The summed E-state index contributed by atoms with van der Waals surface area (Å²) in [5.74, 6) is -0.597. The fourth-order valence-electron chi connectivity index (χ4n) is 3.50. The fraction of sp³-hybridized carbons (Fsp3) is 0.400. The van der Waals surface area contributed by atoms with Crippen LogP contribution in [-0.4, -0.2) is 47.2 Å². The van der Waals surface area contributed by atoms with E-state index in [1.165, 1.54) is 5.56 Å². The van der Waals surface area contributed by atoms with Crippen molar-refractivity contribution < 1.29 is 26.7 Å². The molecule has 0 saturated heterocycles. The van der Waals surface area contributed by atoms with Gasteiger partial charge in [-0.3, -0.25) is 4.90 Å². The highest BCUT2D eigenvalue weighted by Gasteiger charge is 2.24. The molecule has 164 valence electrons. The second-order valence-corrected chi connectivity index (χ2v) is 9.51. The van der Waals surface area contributed by atoms with Crippen LogP contribution in [-0.2, 0) is 23.0 Å². The van der Waals surface area contributed by atoms with E-state index in [0.29, 0.717) is 30.5 Å². The smallest absolute Gasteiger partial charge is 0.244 e. The number of sulfonamides is 1. The Labute approximate surface area is 183 Å². The number of ether oxygens (including phenoxy) is 2. The third-order valence-corrected chi connectivity index (χ3v) is 7.40. The lowest BCUT2D eigenvalue weighted by Crippen LogP contribution is -2.34. The first-order valence-electron chi connectivity index (χ1n) is 9.35. The lowest BCUT2D eigenvalue weighted by Gasteiger charge is -2.29. The largest absolute Gasteiger partial charge is 0.493 e. The second-order valence-electron chi connectivity index (χ2n) is 6.95. The van der Waals surface area contributed by atoms with Gasteiger partial charge in [0.15, 0.2) is 11.5 Å². The molecule has 0 unspecified atom stereocenters. The van der Waals surface area contributed by atoms with E-state index in [1.807, 2.05) is 12.1 Å². The summed E-state index contributed by atoms with van der Waals surface area (Å²) in [6.07, 6.45) is 1.40. The summed E-state index contributed by atoms with van der Waals surface area (Å²) in [6.45, 7) is 2.37. The number of rotatable bonds is 8. The average Bonchev–Trinajstić information content (AvgIpc) is 2.69. The molecule has 0 bridgehead atoms. The van der Waals surface area contributed by atoms with Crippen molar-refractivity contribution in [3.63, 3.8) is 0 Å². The lowest BCUT2D eigenvalue weighted by atomic mass is 9.98. The molecule has 6 nitrogen and oxygen atoms in total. The molecule has 1 heterocycles. The highest BCUT2D eigenvalue weighted by atomic mass is 79.9. The zero-order valence-corrected chi connectivity index (χ0v) is 19.1. The van der Waals surface area contributed by atoms with Gasteiger partial charge >= 0.3 is 0 Å². The summed E-state index contributed by atoms with van der Waals surface area (Å²) in [5, 5.41) is 0. The maximum atomic E-state index is 13.9. The van der Waals surface area contributed by atoms with Gasteiger partial charge in [0.25, 0.3) is 0 Å². The van der Waals surface area contributed by atoms with Crippen molar-refractivity contribution in [2.75, 3.05) is 33.9 Å². The molecule has 3 rings (SSSR count). The molecular formula is C20H23BrF2N2O4S. The van der Waals surface area contributed by atoms with E-state index >= 15 is 0 Å². The fourth-order valence-corrected chi connectivity index (χ4v) is 5.74. The van der Waals surface area contributed by atoms with E-state index in [4.69, 9.17) is 9.47 Å². The van der Waals surface area contributed by atoms with Crippen LogP contribution in [0.5, 0.6) is 11.5 Å². The van der Waals surface area contributed by atoms with E-state index < -0.39 is 26.6 Å². The Balaban J connectivity index is 1.57. The van der Waals surface area contributed by atoms with Gasteiger partial charge in [0.1, 0.15) is 16.5 Å². The molecule has 0 aliphatic carbocycles. The van der Waals surface area contributed by atoms with Crippen molar-refractivity contribution in [2.24, 2.45) is 0 Å². The van der Waals surface area contributed by atoms with Gasteiger partial charge in [-0.25, -0.2) is 21.9 Å². The van der Waals surface area contributed by atoms with Gasteiger partial charge < -0.3 is 9.47 Å². The second kappa shape index (κ2) is 9.59. The van der Waals surface area contributed by atoms with Crippen molar-refractivity contribution in [3.8, 4) is 11.5 Å². The lowest BCUT2D eigenvalue weighted by molar-refractivity contribution is 0.250. The van der Waals surface area contributed by atoms with Gasteiger partial charge in [-0.15, -0.1) is 0 Å². The first-order chi connectivity index (χ1) is 14.2.